The maximum atomic E-state index is 4.65. The van der Waals surface area contributed by atoms with Gasteiger partial charge >= 0.3 is 0 Å². The summed E-state index contributed by atoms with van der Waals surface area (Å²) < 4.78 is 0. The lowest BCUT2D eigenvalue weighted by Gasteiger charge is -2.23. The summed E-state index contributed by atoms with van der Waals surface area (Å²) in [4.78, 5) is 10.6. The van der Waals surface area contributed by atoms with Crippen LogP contribution in [-0.4, -0.2) is 29.6 Å². The first-order chi connectivity index (χ1) is 9.35. The average Bonchev–Trinajstić information content (AvgIpc) is 2.68. The standard InChI is InChI=1S/C15H28N4S/c1-7-12-11(3)20-13(18-12)9-10-17-14(16-8-2)19-15(4,5)6/h7-10H2,1-6H3,(H2,16,17,19). The SMILES string of the molecule is CCNC(=NCCc1nc(CC)c(C)s1)NC(C)(C)C. The van der Waals surface area contributed by atoms with Crippen molar-refractivity contribution in [2.45, 2.75) is 59.9 Å². The quantitative estimate of drug-likeness (QED) is 0.649. The van der Waals surface area contributed by atoms with Gasteiger partial charge in [-0.1, -0.05) is 6.92 Å². The molecular weight excluding hydrogens is 268 g/mol. The van der Waals surface area contributed by atoms with Crippen LogP contribution in [0.5, 0.6) is 0 Å². The Morgan fingerprint density at radius 1 is 1.30 bits per heavy atom. The zero-order valence-corrected chi connectivity index (χ0v) is 14.4. The summed E-state index contributed by atoms with van der Waals surface area (Å²) in [6.07, 6.45) is 1.92. The summed E-state index contributed by atoms with van der Waals surface area (Å²) in [6, 6.07) is 0. The van der Waals surface area contributed by atoms with Crippen molar-refractivity contribution in [1.29, 1.82) is 0 Å². The van der Waals surface area contributed by atoms with Gasteiger partial charge in [0.05, 0.1) is 10.7 Å². The van der Waals surface area contributed by atoms with Gasteiger partial charge in [0.15, 0.2) is 5.96 Å². The number of aryl methyl sites for hydroxylation is 2. The molecular formula is C15H28N4S. The van der Waals surface area contributed by atoms with E-state index in [1.54, 1.807) is 11.3 Å². The Labute approximate surface area is 127 Å². The first-order valence-corrected chi connectivity index (χ1v) is 8.19. The van der Waals surface area contributed by atoms with E-state index >= 15 is 0 Å². The van der Waals surface area contributed by atoms with Gasteiger partial charge in [0.25, 0.3) is 0 Å². The van der Waals surface area contributed by atoms with E-state index in [1.165, 1.54) is 15.6 Å². The summed E-state index contributed by atoms with van der Waals surface area (Å²) in [7, 11) is 0. The van der Waals surface area contributed by atoms with E-state index in [1.807, 2.05) is 0 Å². The molecule has 0 bridgehead atoms. The van der Waals surface area contributed by atoms with Crippen molar-refractivity contribution in [2.75, 3.05) is 13.1 Å². The maximum Gasteiger partial charge on any atom is 0.191 e. The molecule has 0 atom stereocenters. The number of hydrogen-bond acceptors (Lipinski definition) is 3. The Kier molecular flexibility index (Phi) is 6.46. The van der Waals surface area contributed by atoms with Gasteiger partial charge in [-0.25, -0.2) is 4.98 Å². The van der Waals surface area contributed by atoms with Crippen molar-refractivity contribution in [3.63, 3.8) is 0 Å². The molecule has 0 fully saturated rings. The molecule has 0 saturated carbocycles. The Bertz CT molecular complexity index is 443. The molecule has 0 saturated heterocycles. The topological polar surface area (TPSA) is 49.3 Å². The van der Waals surface area contributed by atoms with Crippen LogP contribution in [-0.2, 0) is 12.8 Å². The largest absolute Gasteiger partial charge is 0.357 e. The number of nitrogens with zero attached hydrogens (tertiary/aromatic N) is 2. The van der Waals surface area contributed by atoms with Crippen LogP contribution in [0.15, 0.2) is 4.99 Å². The van der Waals surface area contributed by atoms with Crippen molar-refractivity contribution >= 4 is 17.3 Å². The molecule has 4 nitrogen and oxygen atoms in total. The number of rotatable bonds is 5. The highest BCUT2D eigenvalue weighted by atomic mass is 32.1. The van der Waals surface area contributed by atoms with Crippen molar-refractivity contribution in [1.82, 2.24) is 15.6 Å². The number of thiazole rings is 1. The lowest BCUT2D eigenvalue weighted by molar-refractivity contribution is 0.501. The van der Waals surface area contributed by atoms with E-state index in [4.69, 9.17) is 0 Å². The predicted octanol–water partition coefficient (Wildman–Crippen LogP) is 2.91. The Balaban J connectivity index is 2.58. The number of hydrogen-bond donors (Lipinski definition) is 2. The number of aliphatic imine (C=N–C) groups is 1. The monoisotopic (exact) mass is 296 g/mol. The van der Waals surface area contributed by atoms with Gasteiger partial charge in [0.2, 0.25) is 0 Å². The van der Waals surface area contributed by atoms with E-state index in [0.29, 0.717) is 0 Å². The molecule has 0 amide bonds. The van der Waals surface area contributed by atoms with Crippen molar-refractivity contribution in [3.8, 4) is 0 Å². The molecule has 0 aliphatic heterocycles. The second-order valence-electron chi connectivity index (χ2n) is 5.85. The predicted molar refractivity (Wildman–Crippen MR) is 88.8 cm³/mol. The van der Waals surface area contributed by atoms with Crippen molar-refractivity contribution < 1.29 is 0 Å². The van der Waals surface area contributed by atoms with Crippen molar-refractivity contribution in [2.24, 2.45) is 4.99 Å². The maximum absolute atomic E-state index is 4.65. The van der Waals surface area contributed by atoms with Gasteiger partial charge in [-0.05, 0) is 41.0 Å². The minimum Gasteiger partial charge on any atom is -0.357 e. The van der Waals surface area contributed by atoms with Crippen LogP contribution in [0.2, 0.25) is 0 Å². The molecule has 0 aliphatic carbocycles. The molecule has 1 heterocycles. The summed E-state index contributed by atoms with van der Waals surface area (Å²) in [6.45, 7) is 14.4. The molecule has 2 N–H and O–H groups in total. The molecule has 0 spiro atoms. The van der Waals surface area contributed by atoms with E-state index in [0.717, 1.165) is 31.9 Å². The van der Waals surface area contributed by atoms with E-state index in [9.17, 15) is 0 Å². The zero-order chi connectivity index (χ0) is 15.2. The molecule has 1 aromatic heterocycles. The smallest absolute Gasteiger partial charge is 0.191 e. The highest BCUT2D eigenvalue weighted by Crippen LogP contribution is 2.18. The Hall–Kier alpha value is -1.10. The second-order valence-corrected chi connectivity index (χ2v) is 7.14. The third kappa shape index (κ3) is 5.90. The second kappa shape index (κ2) is 7.62. The molecule has 1 aromatic rings. The first kappa shape index (κ1) is 17.0. The van der Waals surface area contributed by atoms with Crippen LogP contribution in [0.1, 0.15) is 50.2 Å². The fraction of sp³-hybridized carbons (Fsp3) is 0.733. The van der Waals surface area contributed by atoms with Crippen LogP contribution in [0.25, 0.3) is 0 Å². The molecule has 0 aromatic carbocycles. The third-order valence-corrected chi connectivity index (χ3v) is 3.78. The summed E-state index contributed by atoms with van der Waals surface area (Å²) in [5, 5.41) is 7.86. The molecule has 20 heavy (non-hydrogen) atoms. The summed E-state index contributed by atoms with van der Waals surface area (Å²) in [5.41, 5.74) is 1.25. The van der Waals surface area contributed by atoms with Crippen LogP contribution >= 0.6 is 11.3 Å². The molecule has 1 rings (SSSR count). The molecule has 114 valence electrons. The van der Waals surface area contributed by atoms with Gasteiger partial charge < -0.3 is 10.6 Å². The number of guanidine groups is 1. The van der Waals surface area contributed by atoms with Gasteiger partial charge in [-0.15, -0.1) is 11.3 Å². The molecule has 0 unspecified atom stereocenters. The lowest BCUT2D eigenvalue weighted by Crippen LogP contribution is -2.47. The normalized spacial score (nSPS) is 12.6. The Morgan fingerprint density at radius 3 is 2.50 bits per heavy atom. The van der Waals surface area contributed by atoms with E-state index < -0.39 is 0 Å². The molecule has 0 radical (unpaired) electrons. The zero-order valence-electron chi connectivity index (χ0n) is 13.6. The molecule has 5 heteroatoms. The van der Waals surface area contributed by atoms with Crippen LogP contribution in [0.3, 0.4) is 0 Å². The first-order valence-electron chi connectivity index (χ1n) is 7.37. The summed E-state index contributed by atoms with van der Waals surface area (Å²) >= 11 is 1.80. The average molecular weight is 296 g/mol. The lowest BCUT2D eigenvalue weighted by atomic mass is 10.1. The van der Waals surface area contributed by atoms with Gasteiger partial charge in [0.1, 0.15) is 0 Å². The van der Waals surface area contributed by atoms with Crippen LogP contribution < -0.4 is 10.6 Å². The third-order valence-electron chi connectivity index (χ3n) is 2.71. The number of nitrogens with one attached hydrogen (secondary N) is 2. The van der Waals surface area contributed by atoms with Gasteiger partial charge in [-0.3, -0.25) is 4.99 Å². The van der Waals surface area contributed by atoms with Crippen molar-refractivity contribution in [3.05, 3.63) is 15.6 Å². The fourth-order valence-electron chi connectivity index (χ4n) is 1.85. The van der Waals surface area contributed by atoms with Gasteiger partial charge in [0, 0.05) is 29.9 Å². The van der Waals surface area contributed by atoms with E-state index in [-0.39, 0.29) is 5.54 Å². The fourth-order valence-corrected chi connectivity index (χ4v) is 2.86. The number of aromatic nitrogens is 1. The minimum absolute atomic E-state index is 0.0220. The minimum atomic E-state index is 0.0220. The Morgan fingerprint density at radius 2 is 2.00 bits per heavy atom. The summed E-state index contributed by atoms with van der Waals surface area (Å²) in [5.74, 6) is 0.879. The van der Waals surface area contributed by atoms with E-state index in [2.05, 4.69) is 62.2 Å². The highest BCUT2D eigenvalue weighted by Gasteiger charge is 2.11. The highest BCUT2D eigenvalue weighted by molar-refractivity contribution is 7.11. The van der Waals surface area contributed by atoms with Crippen LogP contribution in [0, 0.1) is 6.92 Å². The molecule has 0 aliphatic rings. The van der Waals surface area contributed by atoms with Crippen LogP contribution in [0.4, 0.5) is 0 Å². The van der Waals surface area contributed by atoms with Gasteiger partial charge in [-0.2, -0.15) is 0 Å².